The molecular weight excluding hydrogens is 460 g/mol. The van der Waals surface area contributed by atoms with Crippen molar-refractivity contribution in [2.75, 3.05) is 19.0 Å². The van der Waals surface area contributed by atoms with E-state index in [-0.39, 0.29) is 4.90 Å². The third-order valence-corrected chi connectivity index (χ3v) is 7.65. The second kappa shape index (κ2) is 9.31. The maximum absolute atomic E-state index is 13.5. The van der Waals surface area contributed by atoms with Gasteiger partial charge in [0.25, 0.3) is 10.0 Å². The zero-order valence-electron chi connectivity index (χ0n) is 19.5. The molecule has 3 aromatic carbocycles. The summed E-state index contributed by atoms with van der Waals surface area (Å²) < 4.78 is 33.8. The molecule has 0 atom stereocenters. The van der Waals surface area contributed by atoms with Gasteiger partial charge in [-0.2, -0.15) is 0 Å². The fourth-order valence-corrected chi connectivity index (χ4v) is 5.57. The lowest BCUT2D eigenvalue weighted by Crippen LogP contribution is -2.11. The Morgan fingerprint density at radius 3 is 2.43 bits per heavy atom. The first-order chi connectivity index (χ1) is 17.0. The number of imidazole rings is 1. The number of hydrogen-bond donors (Lipinski definition) is 2. The van der Waals surface area contributed by atoms with Crippen molar-refractivity contribution in [2.45, 2.75) is 18.2 Å². The number of anilines is 1. The minimum absolute atomic E-state index is 0.223. The quantitative estimate of drug-likeness (QED) is 0.313. The highest BCUT2D eigenvalue weighted by Crippen LogP contribution is 2.36. The fraction of sp³-hybridized carbons (Fsp3) is 0.148. The van der Waals surface area contributed by atoms with Gasteiger partial charge in [0, 0.05) is 29.4 Å². The smallest absolute Gasteiger partial charge is 0.268 e. The van der Waals surface area contributed by atoms with Crippen LogP contribution in [0.25, 0.3) is 22.2 Å². The molecule has 0 aliphatic carbocycles. The zero-order chi connectivity index (χ0) is 24.4. The number of hydrogen-bond acceptors (Lipinski definition) is 5. The Bertz CT molecular complexity index is 1570. The number of nitrogens with zero attached hydrogens (tertiary/aromatic N) is 2. The highest BCUT2D eigenvalue weighted by Gasteiger charge is 2.24. The SMILES string of the molecule is COc1ccc2c(c1)c(-c1nc(NCCc3ccccc3)[nH]c1C)cn2S(=O)(=O)c1ccccc1. The Labute approximate surface area is 204 Å². The van der Waals surface area contributed by atoms with Gasteiger partial charge in [0.2, 0.25) is 5.95 Å². The highest BCUT2D eigenvalue weighted by molar-refractivity contribution is 7.90. The molecule has 7 nitrogen and oxygen atoms in total. The summed E-state index contributed by atoms with van der Waals surface area (Å²) in [5.41, 5.74) is 4.04. The van der Waals surface area contributed by atoms with Crippen molar-refractivity contribution in [1.82, 2.24) is 13.9 Å². The van der Waals surface area contributed by atoms with E-state index >= 15 is 0 Å². The summed E-state index contributed by atoms with van der Waals surface area (Å²) in [5, 5.41) is 4.09. The maximum atomic E-state index is 13.5. The standard InChI is InChI=1S/C27H26N4O3S/c1-19-26(30-27(29-19)28-16-15-20-9-5-3-6-10-20)24-18-31(25-14-13-21(34-2)17-23(24)25)35(32,33)22-11-7-4-8-12-22/h3-14,17-18H,15-16H2,1-2H3,(H2,28,29,30). The summed E-state index contributed by atoms with van der Waals surface area (Å²) in [7, 11) is -2.21. The number of aromatic amines is 1. The third-order valence-electron chi connectivity index (χ3n) is 5.97. The summed E-state index contributed by atoms with van der Waals surface area (Å²) in [4.78, 5) is 8.28. The largest absolute Gasteiger partial charge is 0.497 e. The second-order valence-corrected chi connectivity index (χ2v) is 10.1. The molecule has 2 heterocycles. The number of rotatable bonds is 8. The van der Waals surface area contributed by atoms with Crippen LogP contribution in [0.4, 0.5) is 5.95 Å². The van der Waals surface area contributed by atoms with E-state index in [1.165, 1.54) is 9.54 Å². The van der Waals surface area contributed by atoms with Crippen LogP contribution in [0.2, 0.25) is 0 Å². The average Bonchev–Trinajstić information content (AvgIpc) is 3.45. The van der Waals surface area contributed by atoms with Gasteiger partial charge in [-0.05, 0) is 49.2 Å². The molecule has 0 amide bonds. The molecule has 0 aliphatic rings. The van der Waals surface area contributed by atoms with Gasteiger partial charge < -0.3 is 15.0 Å². The van der Waals surface area contributed by atoms with Gasteiger partial charge in [0.15, 0.2) is 0 Å². The molecular formula is C27H26N4O3S. The van der Waals surface area contributed by atoms with E-state index < -0.39 is 10.0 Å². The van der Waals surface area contributed by atoms with E-state index in [0.717, 1.165) is 17.5 Å². The Morgan fingerprint density at radius 2 is 1.71 bits per heavy atom. The van der Waals surface area contributed by atoms with Crippen molar-refractivity contribution < 1.29 is 13.2 Å². The molecule has 5 rings (SSSR count). The van der Waals surface area contributed by atoms with Gasteiger partial charge in [-0.1, -0.05) is 48.5 Å². The van der Waals surface area contributed by atoms with Crippen LogP contribution in [-0.2, 0) is 16.4 Å². The molecule has 0 spiro atoms. The van der Waals surface area contributed by atoms with Gasteiger partial charge in [0.05, 0.1) is 23.2 Å². The van der Waals surface area contributed by atoms with E-state index in [2.05, 4.69) is 22.4 Å². The molecule has 2 N–H and O–H groups in total. The molecule has 178 valence electrons. The number of H-pyrrole nitrogens is 1. The lowest BCUT2D eigenvalue weighted by Gasteiger charge is -2.07. The van der Waals surface area contributed by atoms with E-state index in [4.69, 9.17) is 9.72 Å². The molecule has 35 heavy (non-hydrogen) atoms. The fourth-order valence-electron chi connectivity index (χ4n) is 4.18. The summed E-state index contributed by atoms with van der Waals surface area (Å²) >= 11 is 0. The average molecular weight is 487 g/mol. The van der Waals surface area contributed by atoms with E-state index in [9.17, 15) is 8.42 Å². The number of aryl methyl sites for hydroxylation is 1. The normalized spacial score (nSPS) is 11.6. The number of benzene rings is 3. The first-order valence-corrected chi connectivity index (χ1v) is 12.8. The Hall–Kier alpha value is -4.04. The molecule has 0 aliphatic heterocycles. The van der Waals surface area contributed by atoms with Crippen molar-refractivity contribution in [3.8, 4) is 17.0 Å². The first kappa shape index (κ1) is 22.7. The second-order valence-electron chi connectivity index (χ2n) is 8.26. The predicted molar refractivity (Wildman–Crippen MR) is 138 cm³/mol. The van der Waals surface area contributed by atoms with Crippen molar-refractivity contribution in [3.63, 3.8) is 0 Å². The molecule has 0 fully saturated rings. The van der Waals surface area contributed by atoms with Crippen LogP contribution in [0.5, 0.6) is 5.75 Å². The van der Waals surface area contributed by atoms with Crippen LogP contribution in [0.15, 0.2) is 90.0 Å². The molecule has 5 aromatic rings. The summed E-state index contributed by atoms with van der Waals surface area (Å²) in [6, 6.07) is 24.0. The van der Waals surface area contributed by atoms with E-state index in [1.807, 2.05) is 31.2 Å². The third kappa shape index (κ3) is 4.40. The summed E-state index contributed by atoms with van der Waals surface area (Å²) in [6.45, 7) is 2.65. The molecule has 8 heteroatoms. The van der Waals surface area contributed by atoms with Crippen LogP contribution in [-0.4, -0.2) is 36.0 Å². The molecule has 2 aromatic heterocycles. The molecule has 0 bridgehead atoms. The molecule has 0 saturated heterocycles. The minimum atomic E-state index is -3.80. The number of aromatic nitrogens is 3. The monoisotopic (exact) mass is 486 g/mol. The number of fused-ring (bicyclic) bond motifs is 1. The van der Waals surface area contributed by atoms with Crippen LogP contribution in [0.3, 0.4) is 0 Å². The number of ether oxygens (including phenoxy) is 1. The van der Waals surface area contributed by atoms with Crippen LogP contribution in [0, 0.1) is 6.92 Å². The van der Waals surface area contributed by atoms with Crippen molar-refractivity contribution >= 4 is 26.9 Å². The maximum Gasteiger partial charge on any atom is 0.268 e. The van der Waals surface area contributed by atoms with Gasteiger partial charge in [-0.25, -0.2) is 17.4 Å². The number of nitrogens with one attached hydrogen (secondary N) is 2. The molecule has 0 unspecified atom stereocenters. The predicted octanol–water partition coefficient (Wildman–Crippen LogP) is 5.24. The first-order valence-electron chi connectivity index (χ1n) is 11.3. The highest BCUT2D eigenvalue weighted by atomic mass is 32.2. The van der Waals surface area contributed by atoms with Gasteiger partial charge in [0.1, 0.15) is 5.75 Å². The topological polar surface area (TPSA) is 89.0 Å². The lowest BCUT2D eigenvalue weighted by molar-refractivity contribution is 0.415. The summed E-state index contributed by atoms with van der Waals surface area (Å²) in [6.07, 6.45) is 2.51. The Kier molecular flexibility index (Phi) is 6.05. The number of methoxy groups -OCH3 is 1. The van der Waals surface area contributed by atoms with Crippen LogP contribution in [0.1, 0.15) is 11.3 Å². The Morgan fingerprint density at radius 1 is 1.00 bits per heavy atom. The van der Waals surface area contributed by atoms with Gasteiger partial charge >= 0.3 is 0 Å². The summed E-state index contributed by atoms with van der Waals surface area (Å²) in [5.74, 6) is 1.28. The van der Waals surface area contributed by atoms with Crippen LogP contribution >= 0.6 is 0 Å². The van der Waals surface area contributed by atoms with Crippen molar-refractivity contribution in [3.05, 3.63) is 96.3 Å². The van der Waals surface area contributed by atoms with E-state index in [0.29, 0.717) is 35.0 Å². The molecule has 0 radical (unpaired) electrons. The van der Waals surface area contributed by atoms with Gasteiger partial charge in [-0.15, -0.1) is 0 Å². The van der Waals surface area contributed by atoms with Crippen molar-refractivity contribution in [2.24, 2.45) is 0 Å². The Balaban J connectivity index is 1.54. The van der Waals surface area contributed by atoms with Crippen LogP contribution < -0.4 is 10.1 Å². The zero-order valence-corrected chi connectivity index (χ0v) is 20.3. The lowest BCUT2D eigenvalue weighted by atomic mass is 10.1. The van der Waals surface area contributed by atoms with E-state index in [1.54, 1.807) is 55.8 Å². The van der Waals surface area contributed by atoms with Crippen molar-refractivity contribution in [1.29, 1.82) is 0 Å². The van der Waals surface area contributed by atoms with Gasteiger partial charge in [-0.3, -0.25) is 0 Å². The minimum Gasteiger partial charge on any atom is -0.497 e. The molecule has 0 saturated carbocycles.